The number of thioether (sulfide) groups is 1. The maximum absolute atomic E-state index is 12.3. The standard InChI is InChI=1S/C18H28N2O2S.ClH/c1-13-4-5-14(2)17(12-13)22-15-6-9-20(10-7-15)18(21)16(19)8-11-23-3;/h4-5,12,15-16H,6-11,19H2,1-3H3;1H/t16-;/m0./s1. The maximum Gasteiger partial charge on any atom is 0.239 e. The summed E-state index contributed by atoms with van der Waals surface area (Å²) in [5.41, 5.74) is 8.36. The molecule has 1 atom stereocenters. The van der Waals surface area contributed by atoms with E-state index in [4.69, 9.17) is 10.5 Å². The number of hydrogen-bond acceptors (Lipinski definition) is 4. The molecule has 1 saturated heterocycles. The number of rotatable bonds is 6. The van der Waals surface area contributed by atoms with E-state index in [0.717, 1.165) is 49.4 Å². The minimum Gasteiger partial charge on any atom is -0.490 e. The third-order valence-corrected chi connectivity index (χ3v) is 4.99. The highest BCUT2D eigenvalue weighted by Crippen LogP contribution is 2.24. The molecule has 1 heterocycles. The van der Waals surface area contributed by atoms with Crippen molar-refractivity contribution in [1.82, 2.24) is 4.90 Å². The average Bonchev–Trinajstić information content (AvgIpc) is 2.56. The highest BCUT2D eigenvalue weighted by atomic mass is 35.5. The molecule has 0 bridgehead atoms. The van der Waals surface area contributed by atoms with Crippen LogP contribution >= 0.6 is 24.2 Å². The summed E-state index contributed by atoms with van der Waals surface area (Å²) in [6, 6.07) is 5.91. The van der Waals surface area contributed by atoms with Gasteiger partial charge in [-0.25, -0.2) is 0 Å². The van der Waals surface area contributed by atoms with Crippen molar-refractivity contribution in [2.45, 2.75) is 45.3 Å². The predicted molar refractivity (Wildman–Crippen MR) is 104 cm³/mol. The van der Waals surface area contributed by atoms with Crippen LogP contribution in [0.25, 0.3) is 0 Å². The van der Waals surface area contributed by atoms with E-state index in [1.54, 1.807) is 11.8 Å². The molecule has 6 heteroatoms. The predicted octanol–water partition coefficient (Wildman–Crippen LogP) is 3.18. The SMILES string of the molecule is CSCC[C@H](N)C(=O)N1CCC(Oc2cc(C)ccc2C)CC1.Cl. The molecule has 1 aliphatic heterocycles. The number of aryl methyl sites for hydroxylation is 2. The van der Waals surface area contributed by atoms with Gasteiger partial charge in [0.05, 0.1) is 6.04 Å². The quantitative estimate of drug-likeness (QED) is 0.833. The van der Waals surface area contributed by atoms with Gasteiger partial charge < -0.3 is 15.4 Å². The first kappa shape index (κ1) is 21.1. The Hall–Kier alpha value is -0.910. The number of hydrogen-bond donors (Lipinski definition) is 1. The molecular weight excluding hydrogens is 344 g/mol. The lowest BCUT2D eigenvalue weighted by Gasteiger charge is -2.34. The summed E-state index contributed by atoms with van der Waals surface area (Å²) in [4.78, 5) is 14.2. The van der Waals surface area contributed by atoms with E-state index in [1.165, 1.54) is 5.56 Å². The van der Waals surface area contributed by atoms with Gasteiger partial charge in [0, 0.05) is 25.9 Å². The summed E-state index contributed by atoms with van der Waals surface area (Å²) in [7, 11) is 0. The van der Waals surface area contributed by atoms with E-state index in [1.807, 2.05) is 11.2 Å². The van der Waals surface area contributed by atoms with Gasteiger partial charge >= 0.3 is 0 Å². The first-order valence-corrected chi connectivity index (χ1v) is 9.68. The zero-order chi connectivity index (χ0) is 16.8. The summed E-state index contributed by atoms with van der Waals surface area (Å²) in [5, 5.41) is 0. The minimum atomic E-state index is -0.362. The zero-order valence-corrected chi connectivity index (χ0v) is 16.4. The van der Waals surface area contributed by atoms with Crippen LogP contribution in [0.15, 0.2) is 18.2 Å². The number of piperidine rings is 1. The normalized spacial score (nSPS) is 16.4. The Morgan fingerprint density at radius 2 is 2.04 bits per heavy atom. The van der Waals surface area contributed by atoms with Crippen LogP contribution in [0.4, 0.5) is 0 Å². The molecular formula is C18H29ClN2O2S. The summed E-state index contributed by atoms with van der Waals surface area (Å²) >= 11 is 1.73. The second-order valence-electron chi connectivity index (χ2n) is 6.30. The Morgan fingerprint density at radius 3 is 2.67 bits per heavy atom. The van der Waals surface area contributed by atoms with Crippen molar-refractivity contribution < 1.29 is 9.53 Å². The van der Waals surface area contributed by atoms with Crippen molar-refractivity contribution >= 4 is 30.1 Å². The van der Waals surface area contributed by atoms with Crippen molar-refractivity contribution in [1.29, 1.82) is 0 Å². The third kappa shape index (κ3) is 5.87. The van der Waals surface area contributed by atoms with Crippen LogP contribution in [-0.4, -0.2) is 48.1 Å². The molecule has 0 saturated carbocycles. The highest BCUT2D eigenvalue weighted by molar-refractivity contribution is 7.98. The molecule has 1 amide bonds. The van der Waals surface area contributed by atoms with Gasteiger partial charge in [0.1, 0.15) is 11.9 Å². The fraction of sp³-hybridized carbons (Fsp3) is 0.611. The van der Waals surface area contributed by atoms with E-state index >= 15 is 0 Å². The lowest BCUT2D eigenvalue weighted by Crippen LogP contribution is -2.48. The topological polar surface area (TPSA) is 55.6 Å². The van der Waals surface area contributed by atoms with Crippen LogP contribution in [-0.2, 0) is 4.79 Å². The van der Waals surface area contributed by atoms with E-state index in [9.17, 15) is 4.79 Å². The average molecular weight is 373 g/mol. The number of benzene rings is 1. The zero-order valence-electron chi connectivity index (χ0n) is 14.8. The molecule has 1 aromatic rings. The first-order valence-electron chi connectivity index (χ1n) is 8.28. The van der Waals surface area contributed by atoms with Crippen LogP contribution < -0.4 is 10.5 Å². The number of amides is 1. The van der Waals surface area contributed by atoms with Crippen molar-refractivity contribution in [3.05, 3.63) is 29.3 Å². The molecule has 0 aliphatic carbocycles. The molecule has 0 aromatic heterocycles. The van der Waals surface area contributed by atoms with E-state index in [-0.39, 0.29) is 30.5 Å². The molecule has 1 aliphatic rings. The lowest BCUT2D eigenvalue weighted by molar-refractivity contribution is -0.134. The van der Waals surface area contributed by atoms with Crippen molar-refractivity contribution in [3.8, 4) is 5.75 Å². The number of ether oxygens (including phenoxy) is 1. The van der Waals surface area contributed by atoms with Crippen molar-refractivity contribution in [3.63, 3.8) is 0 Å². The molecule has 0 radical (unpaired) electrons. The number of halogens is 1. The molecule has 136 valence electrons. The van der Waals surface area contributed by atoms with Crippen LogP contribution in [0.3, 0.4) is 0 Å². The molecule has 0 unspecified atom stereocenters. The molecule has 2 N–H and O–H groups in total. The molecule has 24 heavy (non-hydrogen) atoms. The highest BCUT2D eigenvalue weighted by Gasteiger charge is 2.27. The van der Waals surface area contributed by atoms with E-state index < -0.39 is 0 Å². The van der Waals surface area contributed by atoms with Gasteiger partial charge in [-0.2, -0.15) is 11.8 Å². The monoisotopic (exact) mass is 372 g/mol. The Labute approximate surface area is 155 Å². The largest absolute Gasteiger partial charge is 0.490 e. The molecule has 1 aromatic carbocycles. The summed E-state index contributed by atoms with van der Waals surface area (Å²) < 4.78 is 6.15. The minimum absolute atomic E-state index is 0. The van der Waals surface area contributed by atoms with Gasteiger partial charge in [-0.15, -0.1) is 12.4 Å². The molecule has 1 fully saturated rings. The van der Waals surface area contributed by atoms with Gasteiger partial charge in [-0.05, 0) is 49.5 Å². The molecule has 0 spiro atoms. The van der Waals surface area contributed by atoms with E-state index in [0.29, 0.717) is 0 Å². The Balaban J connectivity index is 0.00000288. The van der Waals surface area contributed by atoms with Gasteiger partial charge in [-0.1, -0.05) is 12.1 Å². The number of likely N-dealkylation sites (tertiary alicyclic amines) is 1. The first-order chi connectivity index (χ1) is 11.0. The van der Waals surface area contributed by atoms with Gasteiger partial charge in [0.15, 0.2) is 0 Å². The van der Waals surface area contributed by atoms with Crippen molar-refractivity contribution in [2.75, 3.05) is 25.1 Å². The maximum atomic E-state index is 12.3. The van der Waals surface area contributed by atoms with Crippen LogP contribution in [0.2, 0.25) is 0 Å². The van der Waals surface area contributed by atoms with Crippen LogP contribution in [0, 0.1) is 13.8 Å². The molecule has 4 nitrogen and oxygen atoms in total. The smallest absolute Gasteiger partial charge is 0.239 e. The molecule has 2 rings (SSSR count). The number of carbonyl (C=O) groups excluding carboxylic acids is 1. The third-order valence-electron chi connectivity index (χ3n) is 4.34. The Kier molecular flexibility index (Phi) is 8.95. The fourth-order valence-electron chi connectivity index (χ4n) is 2.81. The Bertz CT molecular complexity index is 534. The second kappa shape index (κ2) is 10.2. The van der Waals surface area contributed by atoms with Gasteiger partial charge in [0.2, 0.25) is 5.91 Å². The lowest BCUT2D eigenvalue weighted by atomic mass is 10.1. The number of nitrogens with zero attached hydrogens (tertiary/aromatic N) is 1. The van der Waals surface area contributed by atoms with Crippen LogP contribution in [0.5, 0.6) is 5.75 Å². The summed E-state index contributed by atoms with van der Waals surface area (Å²) in [6.07, 6.45) is 4.71. The fourth-order valence-corrected chi connectivity index (χ4v) is 3.30. The second-order valence-corrected chi connectivity index (χ2v) is 7.29. The summed E-state index contributed by atoms with van der Waals surface area (Å²) in [6.45, 7) is 5.62. The van der Waals surface area contributed by atoms with E-state index in [2.05, 4.69) is 32.0 Å². The summed E-state index contributed by atoms with van der Waals surface area (Å²) in [5.74, 6) is 1.98. The Morgan fingerprint density at radius 1 is 1.38 bits per heavy atom. The van der Waals surface area contributed by atoms with Gasteiger partial charge in [-0.3, -0.25) is 4.79 Å². The van der Waals surface area contributed by atoms with Gasteiger partial charge in [0.25, 0.3) is 0 Å². The van der Waals surface area contributed by atoms with Crippen molar-refractivity contribution in [2.24, 2.45) is 5.73 Å². The number of nitrogens with two attached hydrogens (primary N) is 1. The number of carbonyl (C=O) groups is 1. The van der Waals surface area contributed by atoms with Crippen LogP contribution in [0.1, 0.15) is 30.4 Å².